The first-order chi connectivity index (χ1) is 23.3. The second-order valence-electron chi connectivity index (χ2n) is 15.3. The Morgan fingerprint density at radius 2 is 1.90 bits per heavy atom. The maximum absolute atomic E-state index is 13.6. The molecule has 3 amide bonds. The smallest absolute Gasteiger partial charge is 0.410 e. The number of carbonyl (C=O) groups is 3. The van der Waals surface area contributed by atoms with E-state index in [0.717, 1.165) is 37.9 Å². The van der Waals surface area contributed by atoms with E-state index in [0.29, 0.717) is 67.4 Å². The zero-order chi connectivity index (χ0) is 35.1. The van der Waals surface area contributed by atoms with Gasteiger partial charge in [0.05, 0.1) is 19.0 Å². The zero-order valence-corrected chi connectivity index (χ0v) is 29.7. The molecular weight excluding hydrogens is 626 g/mol. The first-order valence-corrected chi connectivity index (χ1v) is 17.6. The van der Waals surface area contributed by atoms with Crippen LogP contribution in [0.3, 0.4) is 0 Å². The molecule has 2 aromatic rings. The number of aromatic nitrogens is 2. The van der Waals surface area contributed by atoms with Gasteiger partial charge < -0.3 is 39.9 Å². The van der Waals surface area contributed by atoms with Crippen LogP contribution < -0.4 is 25.2 Å². The first kappa shape index (κ1) is 34.7. The van der Waals surface area contributed by atoms with Crippen LogP contribution in [-0.4, -0.2) is 95.0 Å². The van der Waals surface area contributed by atoms with Gasteiger partial charge in [0.25, 0.3) is 5.91 Å². The maximum atomic E-state index is 13.6. The highest BCUT2D eigenvalue weighted by molar-refractivity contribution is 6.04. The van der Waals surface area contributed by atoms with Crippen LogP contribution in [0, 0.1) is 5.41 Å². The van der Waals surface area contributed by atoms with Gasteiger partial charge in [-0.05, 0) is 89.3 Å². The number of nitrogens with one attached hydrogen (secondary N) is 2. The van der Waals surface area contributed by atoms with Crippen molar-refractivity contribution in [3.8, 4) is 5.75 Å². The number of aliphatic hydroxyl groups is 1. The lowest BCUT2D eigenvalue weighted by Crippen LogP contribution is -2.63. The second-order valence-corrected chi connectivity index (χ2v) is 15.3. The lowest BCUT2D eigenvalue weighted by molar-refractivity contribution is -0.120. The Kier molecular flexibility index (Phi) is 9.42. The van der Waals surface area contributed by atoms with Gasteiger partial charge in [-0.1, -0.05) is 19.8 Å². The summed E-state index contributed by atoms with van der Waals surface area (Å²) >= 11 is 0. The Morgan fingerprint density at radius 3 is 2.55 bits per heavy atom. The summed E-state index contributed by atoms with van der Waals surface area (Å²) in [5, 5.41) is 16.4. The average Bonchev–Trinajstić information content (AvgIpc) is 3.73. The number of aliphatic hydroxyl groups excluding tert-OH is 1. The molecule has 1 aromatic heterocycles. The van der Waals surface area contributed by atoms with Crippen LogP contribution in [0.1, 0.15) is 95.8 Å². The van der Waals surface area contributed by atoms with Crippen molar-refractivity contribution in [3.05, 3.63) is 30.0 Å². The van der Waals surface area contributed by atoms with Crippen molar-refractivity contribution in [2.75, 3.05) is 49.0 Å². The molecule has 13 nitrogen and oxygen atoms in total. The number of nitrogens with zero attached hydrogens (tertiary/aromatic N) is 5. The number of likely N-dealkylation sites (tertiary alicyclic amines) is 1. The molecule has 6 rings (SSSR count). The highest BCUT2D eigenvalue weighted by Crippen LogP contribution is 2.55. The second kappa shape index (κ2) is 13.3. The third kappa shape index (κ3) is 6.86. The van der Waals surface area contributed by atoms with Gasteiger partial charge in [0.1, 0.15) is 23.1 Å². The van der Waals surface area contributed by atoms with E-state index in [1.54, 1.807) is 48.4 Å². The van der Waals surface area contributed by atoms with Crippen molar-refractivity contribution in [1.82, 2.24) is 20.2 Å². The van der Waals surface area contributed by atoms with E-state index in [4.69, 9.17) is 14.5 Å². The summed E-state index contributed by atoms with van der Waals surface area (Å²) in [6, 6.07) is 5.17. The Labute approximate surface area is 288 Å². The molecule has 0 unspecified atom stereocenters. The van der Waals surface area contributed by atoms with Gasteiger partial charge in [-0.15, -0.1) is 0 Å². The van der Waals surface area contributed by atoms with Crippen molar-refractivity contribution in [1.29, 1.82) is 0 Å². The van der Waals surface area contributed by atoms with E-state index in [-0.39, 0.29) is 42.0 Å². The topological polar surface area (TPSA) is 149 Å². The first-order valence-electron chi connectivity index (χ1n) is 17.6. The minimum absolute atomic E-state index is 0.0553. The molecular formula is C36H51N7O6. The number of hydrogen-bond donors (Lipinski definition) is 3. The number of hydrogen-bond acceptors (Lipinski definition) is 10. The largest absolute Gasteiger partial charge is 0.495 e. The standard InChI is InChI=1S/C36H51N7O6/c1-7-26-31(46)41(5)27-19-37-32(39-29(27)43(26)24-10-8-9-11-24)38-25-13-12-23(18-28(25)48-6)30(45)40-36(15-17-44)20-35(21-36)14-16-42(22-35)33(47)49-34(2,3)4/h12-13,18-19,24,26,44H,7-11,14-17,20-22H2,1-6H3,(H,40,45)(H,37,38,39)/t26-,35?,36?/m1/s1. The summed E-state index contributed by atoms with van der Waals surface area (Å²) in [5.41, 5.74) is 0.482. The molecule has 0 radical (unpaired) electrons. The van der Waals surface area contributed by atoms with E-state index in [1.165, 1.54) is 0 Å². The zero-order valence-electron chi connectivity index (χ0n) is 29.7. The maximum Gasteiger partial charge on any atom is 0.410 e. The van der Waals surface area contributed by atoms with Crippen molar-refractivity contribution < 1.29 is 29.0 Å². The lowest BCUT2D eigenvalue weighted by Gasteiger charge is -2.55. The molecule has 1 atom stereocenters. The Hall–Kier alpha value is -4.13. The van der Waals surface area contributed by atoms with Gasteiger partial charge in [0, 0.05) is 43.9 Å². The SMILES string of the molecule is CC[C@@H]1C(=O)N(C)c2cnc(Nc3ccc(C(=O)NC4(CCO)CC5(CCN(C(=O)OC(C)(C)C)C5)C4)cc3OC)nc2N1C1CCCC1. The fraction of sp³-hybridized carbons (Fsp3) is 0.639. The molecule has 0 bridgehead atoms. The van der Waals surface area contributed by atoms with Gasteiger partial charge in [-0.2, -0.15) is 4.98 Å². The number of benzene rings is 1. The molecule has 2 saturated carbocycles. The normalized spacial score (nSPS) is 25.3. The Morgan fingerprint density at radius 1 is 1.16 bits per heavy atom. The molecule has 266 valence electrons. The Balaban J connectivity index is 1.16. The lowest BCUT2D eigenvalue weighted by atomic mass is 9.55. The number of anilines is 4. The van der Waals surface area contributed by atoms with E-state index in [2.05, 4.69) is 20.5 Å². The summed E-state index contributed by atoms with van der Waals surface area (Å²) in [4.78, 5) is 54.6. The molecule has 1 saturated heterocycles. The van der Waals surface area contributed by atoms with E-state index in [9.17, 15) is 19.5 Å². The molecule has 3 fully saturated rings. The molecule has 3 heterocycles. The van der Waals surface area contributed by atoms with Crippen molar-refractivity contribution in [3.63, 3.8) is 0 Å². The average molecular weight is 678 g/mol. The van der Waals surface area contributed by atoms with Gasteiger partial charge in [0.2, 0.25) is 11.9 Å². The molecule has 13 heteroatoms. The van der Waals surface area contributed by atoms with E-state index < -0.39 is 11.1 Å². The minimum atomic E-state index is -0.563. The number of methoxy groups -OCH3 is 1. The number of carbonyl (C=O) groups excluding carboxylic acids is 3. The monoisotopic (exact) mass is 677 g/mol. The number of likely N-dealkylation sites (N-methyl/N-ethyl adjacent to an activating group) is 1. The predicted octanol–water partition coefficient (Wildman–Crippen LogP) is 5.00. The highest BCUT2D eigenvalue weighted by atomic mass is 16.6. The third-order valence-electron chi connectivity index (χ3n) is 10.6. The number of fused-ring (bicyclic) bond motifs is 1. The summed E-state index contributed by atoms with van der Waals surface area (Å²) in [7, 11) is 3.32. The van der Waals surface area contributed by atoms with Crippen LogP contribution in [0.15, 0.2) is 24.4 Å². The molecule has 3 N–H and O–H groups in total. The molecule has 1 aromatic carbocycles. The van der Waals surface area contributed by atoms with Gasteiger partial charge in [-0.25, -0.2) is 9.78 Å². The number of rotatable bonds is 9. The predicted molar refractivity (Wildman–Crippen MR) is 187 cm³/mol. The molecule has 4 aliphatic rings. The van der Waals surface area contributed by atoms with E-state index >= 15 is 0 Å². The Bertz CT molecular complexity index is 1580. The van der Waals surface area contributed by atoms with Gasteiger partial charge in [-0.3, -0.25) is 9.59 Å². The van der Waals surface area contributed by atoms with Crippen molar-refractivity contribution >= 4 is 41.0 Å². The number of amides is 3. The van der Waals surface area contributed by atoms with Crippen molar-refractivity contribution in [2.45, 2.75) is 109 Å². The molecule has 1 spiro atoms. The van der Waals surface area contributed by atoms with Crippen LogP contribution in [0.25, 0.3) is 0 Å². The quantitative estimate of drug-likeness (QED) is 0.331. The van der Waals surface area contributed by atoms with Crippen LogP contribution in [0.4, 0.5) is 27.9 Å². The fourth-order valence-electron chi connectivity index (χ4n) is 8.44. The van der Waals surface area contributed by atoms with Crippen LogP contribution >= 0.6 is 0 Å². The van der Waals surface area contributed by atoms with Crippen LogP contribution in [0.5, 0.6) is 5.75 Å². The summed E-state index contributed by atoms with van der Waals surface area (Å²) in [6.45, 7) is 8.75. The molecule has 2 aliphatic carbocycles. The summed E-state index contributed by atoms with van der Waals surface area (Å²) < 4.78 is 11.3. The van der Waals surface area contributed by atoms with Gasteiger partial charge in [0.15, 0.2) is 5.82 Å². The number of ether oxygens (including phenoxy) is 2. The molecule has 2 aliphatic heterocycles. The van der Waals surface area contributed by atoms with Crippen LogP contribution in [0.2, 0.25) is 0 Å². The summed E-state index contributed by atoms with van der Waals surface area (Å²) in [6.07, 6.45) is 9.01. The minimum Gasteiger partial charge on any atom is -0.495 e. The fourth-order valence-corrected chi connectivity index (χ4v) is 8.44. The van der Waals surface area contributed by atoms with Crippen LogP contribution in [-0.2, 0) is 9.53 Å². The summed E-state index contributed by atoms with van der Waals surface area (Å²) in [5.74, 6) is 1.37. The third-order valence-corrected chi connectivity index (χ3v) is 10.6. The van der Waals surface area contributed by atoms with Crippen molar-refractivity contribution in [2.24, 2.45) is 5.41 Å². The van der Waals surface area contributed by atoms with Gasteiger partial charge >= 0.3 is 6.09 Å². The highest BCUT2D eigenvalue weighted by Gasteiger charge is 2.58. The molecule has 49 heavy (non-hydrogen) atoms. The van der Waals surface area contributed by atoms with E-state index in [1.807, 2.05) is 27.7 Å².